The first kappa shape index (κ1) is 26.4. The number of nitrogens with zero attached hydrogens (tertiary/aromatic N) is 1. The molecule has 1 aliphatic rings. The van der Waals surface area contributed by atoms with Crippen molar-refractivity contribution in [3.05, 3.63) is 68.1 Å². The number of nitrogens with one attached hydrogen (secondary N) is 1. The van der Waals surface area contributed by atoms with E-state index in [2.05, 4.69) is 21.2 Å². The van der Waals surface area contributed by atoms with Crippen molar-refractivity contribution >= 4 is 62.7 Å². The van der Waals surface area contributed by atoms with Crippen LogP contribution in [-0.4, -0.2) is 34.6 Å². The molecule has 33 heavy (non-hydrogen) atoms. The zero-order chi connectivity index (χ0) is 23.8. The van der Waals surface area contributed by atoms with E-state index in [-0.39, 0.29) is 17.9 Å². The number of rotatable bonds is 10. The molecule has 0 heterocycles. The van der Waals surface area contributed by atoms with Crippen LogP contribution in [0.4, 0.5) is 0 Å². The van der Waals surface area contributed by atoms with Crippen LogP contribution in [0.3, 0.4) is 0 Å². The van der Waals surface area contributed by atoms with E-state index in [0.717, 1.165) is 47.0 Å². The van der Waals surface area contributed by atoms with Gasteiger partial charge >= 0.3 is 0 Å². The van der Waals surface area contributed by atoms with Gasteiger partial charge in [0.25, 0.3) is 0 Å². The fraction of sp³-hybridized carbons (Fsp3) is 0.440. The molecule has 4 nitrogen and oxygen atoms in total. The van der Waals surface area contributed by atoms with E-state index >= 15 is 0 Å². The average Bonchev–Trinajstić information content (AvgIpc) is 3.30. The highest BCUT2D eigenvalue weighted by molar-refractivity contribution is 9.10. The molecule has 0 saturated heterocycles. The van der Waals surface area contributed by atoms with Crippen molar-refractivity contribution in [3.8, 4) is 0 Å². The second-order valence-electron chi connectivity index (χ2n) is 8.30. The maximum absolute atomic E-state index is 13.3. The maximum Gasteiger partial charge on any atom is 0.243 e. The van der Waals surface area contributed by atoms with Gasteiger partial charge in [0.2, 0.25) is 11.8 Å². The molecule has 0 aromatic heterocycles. The average molecular weight is 572 g/mol. The molecule has 1 saturated carbocycles. The molecule has 3 rings (SSSR count). The fourth-order valence-corrected chi connectivity index (χ4v) is 5.50. The summed E-state index contributed by atoms with van der Waals surface area (Å²) in [6, 6.07) is 13.1. The molecule has 0 spiro atoms. The molecular formula is C25H29BrCl2N2O2S. The lowest BCUT2D eigenvalue weighted by Gasteiger charge is -2.31. The molecule has 1 fully saturated rings. The first-order valence-electron chi connectivity index (χ1n) is 11.2. The van der Waals surface area contributed by atoms with Crippen LogP contribution in [0.1, 0.15) is 50.2 Å². The van der Waals surface area contributed by atoms with Crippen molar-refractivity contribution in [2.45, 2.75) is 63.4 Å². The zero-order valence-electron chi connectivity index (χ0n) is 18.7. The Morgan fingerprint density at radius 3 is 2.39 bits per heavy atom. The third-order valence-corrected chi connectivity index (χ3v) is 8.09. The Kier molecular flexibility index (Phi) is 10.4. The molecule has 0 unspecified atom stereocenters. The summed E-state index contributed by atoms with van der Waals surface area (Å²) in [6.45, 7) is 2.26. The largest absolute Gasteiger partial charge is 0.352 e. The van der Waals surface area contributed by atoms with Crippen LogP contribution < -0.4 is 5.32 Å². The Labute approximate surface area is 218 Å². The van der Waals surface area contributed by atoms with Gasteiger partial charge < -0.3 is 10.2 Å². The standard InChI is InChI=1S/C25H29BrCl2N2O2S/c1-2-23(25(32)29-20-5-3-4-6-20)30(14-18-9-12-21(27)22(28)13-18)24(31)16-33-15-17-7-10-19(26)11-8-17/h7-13,20,23H,2-6,14-16H2,1H3,(H,29,32)/t23-/m0/s1. The number of hydrogen-bond donors (Lipinski definition) is 1. The molecule has 1 N–H and O–H groups in total. The minimum atomic E-state index is -0.527. The van der Waals surface area contributed by atoms with Crippen molar-refractivity contribution in [2.75, 3.05) is 5.75 Å². The van der Waals surface area contributed by atoms with E-state index in [4.69, 9.17) is 23.2 Å². The molecule has 8 heteroatoms. The Morgan fingerprint density at radius 2 is 1.76 bits per heavy atom. The van der Waals surface area contributed by atoms with Gasteiger partial charge in [-0.3, -0.25) is 9.59 Å². The van der Waals surface area contributed by atoms with Gasteiger partial charge in [0, 0.05) is 22.8 Å². The van der Waals surface area contributed by atoms with Crippen LogP contribution >= 0.6 is 50.9 Å². The molecule has 2 aromatic rings. The number of hydrogen-bond acceptors (Lipinski definition) is 3. The fourth-order valence-electron chi connectivity index (χ4n) is 4.04. The molecule has 2 amide bonds. The lowest BCUT2D eigenvalue weighted by atomic mass is 10.1. The minimum absolute atomic E-state index is 0.0587. The van der Waals surface area contributed by atoms with Gasteiger partial charge in [-0.05, 0) is 54.7 Å². The predicted octanol–water partition coefficient (Wildman–Crippen LogP) is 6.86. The molecule has 0 aliphatic heterocycles. The predicted molar refractivity (Wildman–Crippen MR) is 142 cm³/mol. The van der Waals surface area contributed by atoms with Crippen LogP contribution in [0, 0.1) is 0 Å². The summed E-state index contributed by atoms with van der Waals surface area (Å²) >= 11 is 17.3. The summed E-state index contributed by atoms with van der Waals surface area (Å²) in [6.07, 6.45) is 4.83. The van der Waals surface area contributed by atoms with Gasteiger partial charge in [0.05, 0.1) is 15.8 Å². The van der Waals surface area contributed by atoms with Crippen LogP contribution in [0.25, 0.3) is 0 Å². The first-order valence-corrected chi connectivity index (χ1v) is 13.9. The van der Waals surface area contributed by atoms with Gasteiger partial charge in [0.15, 0.2) is 0 Å². The first-order chi connectivity index (χ1) is 15.9. The Hall–Kier alpha value is -1.21. The monoisotopic (exact) mass is 570 g/mol. The third kappa shape index (κ3) is 7.91. The Morgan fingerprint density at radius 1 is 1.09 bits per heavy atom. The van der Waals surface area contributed by atoms with E-state index in [0.29, 0.717) is 28.8 Å². The smallest absolute Gasteiger partial charge is 0.243 e. The van der Waals surface area contributed by atoms with Crippen molar-refractivity contribution in [1.29, 1.82) is 0 Å². The SMILES string of the molecule is CC[C@@H](C(=O)NC1CCCC1)N(Cc1ccc(Cl)c(Cl)c1)C(=O)CSCc1ccc(Br)cc1. The molecule has 0 bridgehead atoms. The quantitative estimate of drug-likeness (QED) is 0.339. The van der Waals surface area contributed by atoms with Gasteiger partial charge in [-0.2, -0.15) is 0 Å². The number of amides is 2. The van der Waals surface area contributed by atoms with Crippen LogP contribution in [0.5, 0.6) is 0 Å². The van der Waals surface area contributed by atoms with E-state index in [1.54, 1.807) is 28.8 Å². The molecule has 2 aromatic carbocycles. The Bertz CT molecular complexity index is 952. The van der Waals surface area contributed by atoms with Crippen LogP contribution in [0.15, 0.2) is 46.9 Å². The van der Waals surface area contributed by atoms with Gasteiger partial charge in [0.1, 0.15) is 6.04 Å². The number of benzene rings is 2. The highest BCUT2D eigenvalue weighted by Crippen LogP contribution is 2.25. The lowest BCUT2D eigenvalue weighted by Crippen LogP contribution is -2.51. The Balaban J connectivity index is 1.71. The molecule has 1 atom stereocenters. The summed E-state index contributed by atoms with van der Waals surface area (Å²) in [5.41, 5.74) is 2.00. The maximum atomic E-state index is 13.3. The highest BCUT2D eigenvalue weighted by Gasteiger charge is 2.30. The zero-order valence-corrected chi connectivity index (χ0v) is 22.6. The number of carbonyl (C=O) groups is 2. The van der Waals surface area contributed by atoms with E-state index < -0.39 is 6.04 Å². The normalized spacial score (nSPS) is 14.8. The third-order valence-electron chi connectivity index (χ3n) is 5.83. The second kappa shape index (κ2) is 13.0. The summed E-state index contributed by atoms with van der Waals surface area (Å²) < 4.78 is 1.03. The van der Waals surface area contributed by atoms with Crippen LogP contribution in [0.2, 0.25) is 10.0 Å². The van der Waals surface area contributed by atoms with Crippen molar-refractivity contribution in [1.82, 2.24) is 10.2 Å². The number of halogens is 3. The van der Waals surface area contributed by atoms with E-state index in [9.17, 15) is 9.59 Å². The summed E-state index contributed by atoms with van der Waals surface area (Å²) in [5, 5.41) is 4.07. The second-order valence-corrected chi connectivity index (χ2v) is 11.0. The topological polar surface area (TPSA) is 49.4 Å². The molecule has 1 aliphatic carbocycles. The van der Waals surface area contributed by atoms with Crippen LogP contribution in [-0.2, 0) is 21.9 Å². The van der Waals surface area contributed by atoms with Gasteiger partial charge in [-0.15, -0.1) is 11.8 Å². The highest BCUT2D eigenvalue weighted by atomic mass is 79.9. The summed E-state index contributed by atoms with van der Waals surface area (Å²) in [7, 11) is 0. The summed E-state index contributed by atoms with van der Waals surface area (Å²) in [4.78, 5) is 28.2. The number of carbonyl (C=O) groups excluding carboxylic acids is 2. The van der Waals surface area contributed by atoms with E-state index in [1.807, 2.05) is 37.3 Å². The molecule has 0 radical (unpaired) electrons. The summed E-state index contributed by atoms with van der Waals surface area (Å²) in [5.74, 6) is 0.891. The van der Waals surface area contributed by atoms with E-state index in [1.165, 1.54) is 0 Å². The van der Waals surface area contributed by atoms with Crippen molar-refractivity contribution in [3.63, 3.8) is 0 Å². The number of thioether (sulfide) groups is 1. The minimum Gasteiger partial charge on any atom is -0.352 e. The van der Waals surface area contributed by atoms with Crippen molar-refractivity contribution < 1.29 is 9.59 Å². The molecular weight excluding hydrogens is 543 g/mol. The van der Waals surface area contributed by atoms with Gasteiger partial charge in [-0.1, -0.05) is 77.1 Å². The van der Waals surface area contributed by atoms with Gasteiger partial charge in [-0.25, -0.2) is 0 Å². The van der Waals surface area contributed by atoms with Crippen molar-refractivity contribution in [2.24, 2.45) is 0 Å². The lowest BCUT2D eigenvalue weighted by molar-refractivity contribution is -0.139. The molecule has 178 valence electrons.